The minimum absolute atomic E-state index is 1.14. The van der Waals surface area contributed by atoms with Crippen molar-refractivity contribution in [2.75, 3.05) is 0 Å². The van der Waals surface area contributed by atoms with E-state index in [9.17, 15) is 0 Å². The lowest BCUT2D eigenvalue weighted by Crippen LogP contribution is -1.94. The van der Waals surface area contributed by atoms with Gasteiger partial charge in [-0.1, -0.05) is 176 Å². The van der Waals surface area contributed by atoms with Crippen molar-refractivity contribution < 1.29 is 0 Å². The summed E-state index contributed by atoms with van der Waals surface area (Å²) in [5.74, 6) is 0. The monoisotopic (exact) mass is 788 g/mol. The molecule has 0 bridgehead atoms. The van der Waals surface area contributed by atoms with Gasteiger partial charge in [0, 0.05) is 32.9 Å². The molecule has 0 saturated carbocycles. The molecule has 2 aromatic heterocycles. The van der Waals surface area contributed by atoms with Crippen molar-refractivity contribution in [3.8, 4) is 67.0 Å². The first-order valence-electron chi connectivity index (χ1n) is 21.3. The Balaban J connectivity index is 1.01. The van der Waals surface area contributed by atoms with Crippen LogP contribution < -0.4 is 0 Å². The highest BCUT2D eigenvalue weighted by molar-refractivity contribution is 6.13. The van der Waals surface area contributed by atoms with E-state index < -0.39 is 0 Å². The van der Waals surface area contributed by atoms with Crippen molar-refractivity contribution in [3.05, 3.63) is 243 Å². The number of nitrogens with zero attached hydrogens (tertiary/aromatic N) is 2. The van der Waals surface area contributed by atoms with Crippen LogP contribution >= 0.6 is 0 Å². The van der Waals surface area contributed by atoms with E-state index >= 15 is 0 Å². The van der Waals surface area contributed by atoms with Crippen LogP contribution in [0.2, 0.25) is 0 Å². The average Bonchev–Trinajstić information content (AvgIpc) is 3.86. The third kappa shape index (κ3) is 6.12. The van der Waals surface area contributed by atoms with Gasteiger partial charge in [-0.2, -0.15) is 0 Å². The zero-order chi connectivity index (χ0) is 41.0. The maximum absolute atomic E-state index is 2.44. The molecule has 0 aliphatic carbocycles. The van der Waals surface area contributed by atoms with Gasteiger partial charge in [-0.15, -0.1) is 0 Å². The van der Waals surface area contributed by atoms with E-state index in [1.807, 2.05) is 0 Å². The first-order chi connectivity index (χ1) is 30.7. The minimum Gasteiger partial charge on any atom is -0.309 e. The standard InChI is InChI=1S/C60H40N2/c1-4-14-41(15-5-1)44-26-31-51(32-27-44)61-58-34-29-49(39-56(58)54-33-28-50(40-60(54)61)46-21-12-20-45(36-46)42-16-6-2-7-17-42)48-30-35-59-55(38-48)53-24-10-11-25-57(53)62(59)52-23-13-22-47(37-52)43-18-8-3-9-19-43/h1-40H. The van der Waals surface area contributed by atoms with Gasteiger partial charge in [0.15, 0.2) is 0 Å². The fourth-order valence-electron chi connectivity index (χ4n) is 9.49. The largest absolute Gasteiger partial charge is 0.309 e. The summed E-state index contributed by atoms with van der Waals surface area (Å²) < 4.78 is 4.85. The van der Waals surface area contributed by atoms with Crippen molar-refractivity contribution in [1.29, 1.82) is 0 Å². The van der Waals surface area contributed by atoms with Crippen LogP contribution in [0.4, 0.5) is 0 Å². The van der Waals surface area contributed by atoms with Gasteiger partial charge in [-0.05, 0) is 122 Å². The summed E-state index contributed by atoms with van der Waals surface area (Å²) in [4.78, 5) is 0. The number of rotatable bonds is 7. The number of aromatic nitrogens is 2. The van der Waals surface area contributed by atoms with Gasteiger partial charge in [0.1, 0.15) is 0 Å². The van der Waals surface area contributed by atoms with Gasteiger partial charge in [-0.25, -0.2) is 0 Å². The van der Waals surface area contributed by atoms with E-state index in [1.54, 1.807) is 0 Å². The SMILES string of the molecule is c1ccc(-c2ccc(-n3c4ccc(-c5ccc6c(c5)c5ccccc5n6-c5cccc(-c6ccccc6)c5)cc4c4ccc(-c5cccc(-c6ccccc6)c5)cc43)cc2)cc1. The molecular weight excluding hydrogens is 749 g/mol. The predicted octanol–water partition coefficient (Wildman–Crippen LogP) is 16.2. The molecule has 12 aromatic rings. The second-order valence-corrected chi connectivity index (χ2v) is 16.2. The van der Waals surface area contributed by atoms with Crippen molar-refractivity contribution in [1.82, 2.24) is 9.13 Å². The Morgan fingerprint density at radius 2 is 0.565 bits per heavy atom. The van der Waals surface area contributed by atoms with Crippen LogP contribution in [-0.2, 0) is 0 Å². The van der Waals surface area contributed by atoms with E-state index in [4.69, 9.17) is 0 Å². The lowest BCUT2D eigenvalue weighted by molar-refractivity contribution is 1.18. The van der Waals surface area contributed by atoms with Crippen LogP contribution in [0.25, 0.3) is 111 Å². The molecule has 0 aliphatic heterocycles. The van der Waals surface area contributed by atoms with Crippen LogP contribution in [-0.4, -0.2) is 9.13 Å². The molecule has 2 nitrogen and oxygen atoms in total. The van der Waals surface area contributed by atoms with E-state index in [2.05, 4.69) is 252 Å². The van der Waals surface area contributed by atoms with Crippen LogP contribution in [0, 0.1) is 0 Å². The number of hydrogen-bond donors (Lipinski definition) is 0. The maximum Gasteiger partial charge on any atom is 0.0547 e. The average molecular weight is 789 g/mol. The lowest BCUT2D eigenvalue weighted by Gasteiger charge is -2.11. The minimum atomic E-state index is 1.14. The van der Waals surface area contributed by atoms with Crippen molar-refractivity contribution in [2.24, 2.45) is 0 Å². The molecular formula is C60H40N2. The Bertz CT molecular complexity index is 3600. The summed E-state index contributed by atoms with van der Waals surface area (Å²) in [6.07, 6.45) is 0. The van der Waals surface area contributed by atoms with E-state index in [0.717, 1.165) is 11.4 Å². The summed E-state index contributed by atoms with van der Waals surface area (Å²) in [6.45, 7) is 0. The molecule has 0 aliphatic rings. The van der Waals surface area contributed by atoms with Crippen LogP contribution in [0.1, 0.15) is 0 Å². The number of benzene rings is 10. The van der Waals surface area contributed by atoms with Crippen LogP contribution in [0.3, 0.4) is 0 Å². The molecule has 0 unspecified atom stereocenters. The zero-order valence-corrected chi connectivity index (χ0v) is 34.0. The third-order valence-corrected chi connectivity index (χ3v) is 12.5. The third-order valence-electron chi connectivity index (χ3n) is 12.5. The Kier molecular flexibility index (Phi) is 8.53. The molecule has 0 saturated heterocycles. The predicted molar refractivity (Wildman–Crippen MR) is 262 cm³/mol. The highest BCUT2D eigenvalue weighted by atomic mass is 15.0. The topological polar surface area (TPSA) is 9.86 Å². The Morgan fingerprint density at radius 1 is 0.177 bits per heavy atom. The maximum atomic E-state index is 2.44. The molecule has 0 atom stereocenters. The summed E-state index contributed by atoms with van der Waals surface area (Å²) in [7, 11) is 0. The fourth-order valence-corrected chi connectivity index (χ4v) is 9.49. The van der Waals surface area contributed by atoms with Gasteiger partial charge in [-0.3, -0.25) is 0 Å². The highest BCUT2D eigenvalue weighted by Crippen LogP contribution is 2.40. The molecule has 12 rings (SSSR count). The second kappa shape index (κ2) is 14.8. The Morgan fingerprint density at radius 3 is 1.19 bits per heavy atom. The smallest absolute Gasteiger partial charge is 0.0547 e. The molecule has 0 amide bonds. The number of hydrogen-bond acceptors (Lipinski definition) is 0. The second-order valence-electron chi connectivity index (χ2n) is 16.2. The van der Waals surface area contributed by atoms with Crippen molar-refractivity contribution in [2.45, 2.75) is 0 Å². The first kappa shape index (κ1) is 35.7. The van der Waals surface area contributed by atoms with Gasteiger partial charge >= 0.3 is 0 Å². The van der Waals surface area contributed by atoms with Gasteiger partial charge < -0.3 is 9.13 Å². The molecule has 10 aromatic carbocycles. The summed E-state index contributed by atoms with van der Waals surface area (Å²) >= 11 is 0. The normalized spacial score (nSPS) is 11.5. The molecule has 290 valence electrons. The molecule has 62 heavy (non-hydrogen) atoms. The fraction of sp³-hybridized carbons (Fsp3) is 0. The summed E-state index contributed by atoms with van der Waals surface area (Å²) in [5, 5.41) is 4.95. The highest BCUT2D eigenvalue weighted by Gasteiger charge is 2.18. The van der Waals surface area contributed by atoms with E-state index in [-0.39, 0.29) is 0 Å². The Labute approximate surface area is 360 Å². The van der Waals surface area contributed by atoms with E-state index in [1.165, 1.54) is 99.2 Å². The van der Waals surface area contributed by atoms with Crippen molar-refractivity contribution in [3.63, 3.8) is 0 Å². The number of fused-ring (bicyclic) bond motifs is 6. The molecule has 0 spiro atoms. The zero-order valence-electron chi connectivity index (χ0n) is 34.0. The first-order valence-corrected chi connectivity index (χ1v) is 21.3. The van der Waals surface area contributed by atoms with Gasteiger partial charge in [0.05, 0.1) is 22.1 Å². The quantitative estimate of drug-likeness (QED) is 0.152. The molecule has 0 radical (unpaired) electrons. The van der Waals surface area contributed by atoms with Crippen LogP contribution in [0.15, 0.2) is 243 Å². The lowest BCUT2D eigenvalue weighted by atomic mass is 9.97. The van der Waals surface area contributed by atoms with Gasteiger partial charge in [0.25, 0.3) is 0 Å². The molecule has 0 fully saturated rings. The molecule has 0 N–H and O–H groups in total. The molecule has 2 heterocycles. The molecule has 2 heteroatoms. The Hall–Kier alpha value is -8.20. The summed E-state index contributed by atoms with van der Waals surface area (Å²) in [5.41, 5.74) is 19.1. The summed E-state index contributed by atoms with van der Waals surface area (Å²) in [6, 6.07) is 88.4. The number of para-hydroxylation sites is 1. The van der Waals surface area contributed by atoms with Crippen LogP contribution in [0.5, 0.6) is 0 Å². The van der Waals surface area contributed by atoms with Crippen molar-refractivity contribution >= 4 is 43.6 Å². The van der Waals surface area contributed by atoms with E-state index in [0.29, 0.717) is 0 Å². The van der Waals surface area contributed by atoms with Gasteiger partial charge in [0.2, 0.25) is 0 Å².